The van der Waals surface area contributed by atoms with E-state index in [-0.39, 0.29) is 6.42 Å². The van der Waals surface area contributed by atoms with Crippen LogP contribution in [0.4, 0.5) is 13.2 Å². The number of rotatable bonds is 8. The molecule has 0 aromatic heterocycles. The van der Waals surface area contributed by atoms with Crippen LogP contribution in [0.1, 0.15) is 32.8 Å². The van der Waals surface area contributed by atoms with Crippen molar-refractivity contribution < 1.29 is 27.6 Å². The first kappa shape index (κ1) is 24.2. The summed E-state index contributed by atoms with van der Waals surface area (Å²) in [6, 6.07) is 2.00. The lowest BCUT2D eigenvalue weighted by Crippen LogP contribution is -2.54. The molecule has 0 radical (unpaired) electrons. The van der Waals surface area contributed by atoms with Crippen LogP contribution in [0.15, 0.2) is 18.2 Å². The van der Waals surface area contributed by atoms with Crippen LogP contribution >= 0.6 is 23.2 Å². The van der Waals surface area contributed by atoms with Gasteiger partial charge in [0.1, 0.15) is 6.04 Å². The van der Waals surface area contributed by atoms with E-state index in [4.69, 9.17) is 23.2 Å². The van der Waals surface area contributed by atoms with Gasteiger partial charge in [-0.2, -0.15) is 13.2 Å². The molecule has 0 spiro atoms. The number of halogens is 5. The SMILES string of the molecule is CC(C)[C@H](NC(=O)[C@@H](C)NC(=O)CCc1cc(Cl)cc(Cl)c1)C(=O)C(F)(F)F. The maximum Gasteiger partial charge on any atom is 0.452 e. The van der Waals surface area contributed by atoms with E-state index in [0.29, 0.717) is 16.5 Å². The fraction of sp³-hybridized carbons (Fsp3) is 0.500. The van der Waals surface area contributed by atoms with Crippen molar-refractivity contribution in [2.45, 2.75) is 51.9 Å². The number of carbonyl (C=O) groups is 3. The molecule has 0 aliphatic rings. The number of ketones is 1. The van der Waals surface area contributed by atoms with Crippen LogP contribution in [0, 0.1) is 5.92 Å². The number of Topliss-reactive ketones (excluding diaryl/α,β-unsaturated/α-hetero) is 1. The first-order chi connectivity index (χ1) is 12.8. The molecule has 0 bridgehead atoms. The lowest BCUT2D eigenvalue weighted by molar-refractivity contribution is -0.175. The average Bonchev–Trinajstić information content (AvgIpc) is 2.55. The van der Waals surface area contributed by atoms with Gasteiger partial charge in [0.2, 0.25) is 11.8 Å². The summed E-state index contributed by atoms with van der Waals surface area (Å²) in [5.41, 5.74) is 0.723. The molecule has 0 aliphatic carbocycles. The Morgan fingerprint density at radius 3 is 2.00 bits per heavy atom. The van der Waals surface area contributed by atoms with Crippen molar-refractivity contribution in [1.82, 2.24) is 10.6 Å². The second-order valence-corrected chi connectivity index (χ2v) is 7.53. The van der Waals surface area contributed by atoms with Gasteiger partial charge in [-0.15, -0.1) is 0 Å². The van der Waals surface area contributed by atoms with Crippen LogP contribution in [0.5, 0.6) is 0 Å². The third-order valence-electron chi connectivity index (χ3n) is 3.86. The van der Waals surface area contributed by atoms with Crippen molar-refractivity contribution in [1.29, 1.82) is 0 Å². The molecule has 2 amide bonds. The minimum Gasteiger partial charge on any atom is -0.345 e. The fourth-order valence-corrected chi connectivity index (χ4v) is 2.95. The molecule has 156 valence electrons. The van der Waals surface area contributed by atoms with Gasteiger partial charge in [0, 0.05) is 16.5 Å². The van der Waals surface area contributed by atoms with Crippen molar-refractivity contribution in [3.63, 3.8) is 0 Å². The van der Waals surface area contributed by atoms with Gasteiger partial charge in [0.05, 0.1) is 6.04 Å². The first-order valence-electron chi connectivity index (χ1n) is 8.47. The zero-order valence-electron chi connectivity index (χ0n) is 15.5. The molecule has 0 aliphatic heterocycles. The Kier molecular flexibility index (Phi) is 8.75. The molecule has 10 heteroatoms. The van der Waals surface area contributed by atoms with Gasteiger partial charge in [-0.25, -0.2) is 0 Å². The van der Waals surface area contributed by atoms with Gasteiger partial charge in [0.15, 0.2) is 0 Å². The van der Waals surface area contributed by atoms with Crippen LogP contribution in [0.3, 0.4) is 0 Å². The number of carbonyl (C=O) groups excluding carboxylic acids is 3. The molecule has 28 heavy (non-hydrogen) atoms. The van der Waals surface area contributed by atoms with E-state index >= 15 is 0 Å². The highest BCUT2D eigenvalue weighted by Crippen LogP contribution is 2.21. The second kappa shape index (κ2) is 10.1. The Morgan fingerprint density at radius 1 is 1.00 bits per heavy atom. The summed E-state index contributed by atoms with van der Waals surface area (Å²) in [4.78, 5) is 35.6. The van der Waals surface area contributed by atoms with Crippen molar-refractivity contribution in [3.8, 4) is 0 Å². The van der Waals surface area contributed by atoms with E-state index < -0.39 is 41.8 Å². The van der Waals surface area contributed by atoms with Gasteiger partial charge < -0.3 is 10.6 Å². The summed E-state index contributed by atoms with van der Waals surface area (Å²) in [5.74, 6) is -4.17. The van der Waals surface area contributed by atoms with Crippen LogP contribution in [-0.2, 0) is 20.8 Å². The van der Waals surface area contributed by atoms with Crippen molar-refractivity contribution >= 4 is 40.8 Å². The maximum absolute atomic E-state index is 12.7. The largest absolute Gasteiger partial charge is 0.452 e. The third kappa shape index (κ3) is 7.67. The molecular weight excluding hydrogens is 420 g/mol. The number of amides is 2. The molecule has 0 fully saturated rings. The lowest BCUT2D eigenvalue weighted by atomic mass is 9.99. The molecule has 2 atom stereocenters. The summed E-state index contributed by atoms with van der Waals surface area (Å²) < 4.78 is 38.0. The number of benzene rings is 1. The Morgan fingerprint density at radius 2 is 1.54 bits per heavy atom. The molecule has 1 rings (SSSR count). The van der Waals surface area contributed by atoms with E-state index in [9.17, 15) is 27.6 Å². The Bertz CT molecular complexity index is 719. The molecule has 0 saturated carbocycles. The summed E-state index contributed by atoms with van der Waals surface area (Å²) in [5, 5.41) is 5.29. The molecular formula is C18H21Cl2F3N2O3. The monoisotopic (exact) mass is 440 g/mol. The number of aryl methyl sites for hydroxylation is 1. The highest BCUT2D eigenvalue weighted by atomic mass is 35.5. The summed E-state index contributed by atoms with van der Waals surface area (Å²) in [7, 11) is 0. The standard InChI is InChI=1S/C18H21Cl2F3N2O3/c1-9(2)15(16(27)18(21,22)23)25-17(28)10(3)24-14(26)5-4-11-6-12(19)8-13(20)7-11/h6-10,15H,4-5H2,1-3H3,(H,24,26)(H,25,28)/t10-,15+/m1/s1. The van der Waals surface area contributed by atoms with Crippen LogP contribution in [0.25, 0.3) is 0 Å². The molecule has 0 saturated heterocycles. The lowest BCUT2D eigenvalue weighted by Gasteiger charge is -2.24. The van der Waals surface area contributed by atoms with Gasteiger partial charge in [-0.3, -0.25) is 14.4 Å². The van der Waals surface area contributed by atoms with Crippen LogP contribution in [-0.4, -0.2) is 35.9 Å². The second-order valence-electron chi connectivity index (χ2n) is 6.66. The highest BCUT2D eigenvalue weighted by Gasteiger charge is 2.45. The number of nitrogens with one attached hydrogen (secondary N) is 2. The Hall–Kier alpha value is -1.80. The van der Waals surface area contributed by atoms with E-state index in [2.05, 4.69) is 10.6 Å². The van der Waals surface area contributed by atoms with Gasteiger partial charge in [-0.1, -0.05) is 37.0 Å². The quantitative estimate of drug-likeness (QED) is 0.646. The van der Waals surface area contributed by atoms with Crippen LogP contribution in [0.2, 0.25) is 10.0 Å². The fourth-order valence-electron chi connectivity index (χ4n) is 2.38. The Labute approximate surface area is 170 Å². The minimum atomic E-state index is -5.06. The van der Waals surface area contributed by atoms with E-state index in [1.807, 2.05) is 0 Å². The number of hydrogen-bond donors (Lipinski definition) is 2. The molecule has 0 unspecified atom stereocenters. The Balaban J connectivity index is 2.62. The maximum atomic E-state index is 12.7. The predicted octanol–water partition coefficient (Wildman–Crippen LogP) is 3.70. The predicted molar refractivity (Wildman–Crippen MR) is 100 cm³/mol. The van der Waals surface area contributed by atoms with Crippen molar-refractivity contribution in [2.75, 3.05) is 0 Å². The van der Waals surface area contributed by atoms with Crippen molar-refractivity contribution in [2.24, 2.45) is 5.92 Å². The molecule has 5 nitrogen and oxygen atoms in total. The third-order valence-corrected chi connectivity index (χ3v) is 4.30. The number of alkyl halides is 3. The highest BCUT2D eigenvalue weighted by molar-refractivity contribution is 6.34. The summed E-state index contributed by atoms with van der Waals surface area (Å²) >= 11 is 11.8. The molecule has 2 N–H and O–H groups in total. The number of hydrogen-bond acceptors (Lipinski definition) is 3. The molecule has 1 aromatic rings. The first-order valence-corrected chi connectivity index (χ1v) is 9.22. The van der Waals surface area contributed by atoms with E-state index in [0.717, 1.165) is 5.56 Å². The van der Waals surface area contributed by atoms with Gasteiger partial charge >= 0.3 is 6.18 Å². The minimum absolute atomic E-state index is 0.0172. The van der Waals surface area contributed by atoms with E-state index in [1.165, 1.54) is 20.8 Å². The van der Waals surface area contributed by atoms with Gasteiger partial charge in [0.25, 0.3) is 5.78 Å². The van der Waals surface area contributed by atoms with Gasteiger partial charge in [-0.05, 0) is 43.0 Å². The smallest absolute Gasteiger partial charge is 0.345 e. The topological polar surface area (TPSA) is 75.3 Å². The molecule has 1 aromatic carbocycles. The van der Waals surface area contributed by atoms with Crippen molar-refractivity contribution in [3.05, 3.63) is 33.8 Å². The van der Waals surface area contributed by atoms with Crippen LogP contribution < -0.4 is 10.6 Å². The zero-order valence-corrected chi connectivity index (χ0v) is 17.0. The summed E-state index contributed by atoms with van der Waals surface area (Å²) in [6.45, 7) is 4.08. The molecule has 0 heterocycles. The zero-order chi connectivity index (χ0) is 21.6. The van der Waals surface area contributed by atoms with E-state index in [1.54, 1.807) is 18.2 Å². The normalized spacial score (nSPS) is 13.8. The average molecular weight is 441 g/mol. The summed E-state index contributed by atoms with van der Waals surface area (Å²) in [6.07, 6.45) is -4.74.